The van der Waals surface area contributed by atoms with E-state index >= 15 is 0 Å². The maximum atomic E-state index is 11.9. The van der Waals surface area contributed by atoms with E-state index in [4.69, 9.17) is 10.5 Å². The monoisotopic (exact) mass is 242 g/mol. The molecule has 100 valence electrons. The Balaban J connectivity index is 2.26. The van der Waals surface area contributed by atoms with Gasteiger partial charge in [0.05, 0.1) is 0 Å². The molecule has 4 nitrogen and oxygen atoms in total. The van der Waals surface area contributed by atoms with Crippen molar-refractivity contribution in [2.24, 2.45) is 17.6 Å². The van der Waals surface area contributed by atoms with Crippen molar-refractivity contribution in [2.75, 3.05) is 19.8 Å². The summed E-state index contributed by atoms with van der Waals surface area (Å²) in [5.74, 6) is 1.06. The summed E-state index contributed by atoms with van der Waals surface area (Å²) in [5, 5.41) is 3.08. The molecule has 1 fully saturated rings. The molecule has 3 N–H and O–H groups in total. The molecule has 0 aromatic heterocycles. The molecule has 0 saturated carbocycles. The summed E-state index contributed by atoms with van der Waals surface area (Å²) in [4.78, 5) is 11.9. The topological polar surface area (TPSA) is 64.4 Å². The predicted molar refractivity (Wildman–Crippen MR) is 68.6 cm³/mol. The van der Waals surface area contributed by atoms with E-state index in [2.05, 4.69) is 19.2 Å². The maximum Gasteiger partial charge on any atom is 0.220 e. The van der Waals surface area contributed by atoms with Gasteiger partial charge in [-0.1, -0.05) is 13.8 Å². The first-order valence-corrected chi connectivity index (χ1v) is 6.69. The highest BCUT2D eigenvalue weighted by molar-refractivity contribution is 5.76. The summed E-state index contributed by atoms with van der Waals surface area (Å²) < 4.78 is 5.26. The fourth-order valence-corrected chi connectivity index (χ4v) is 2.32. The zero-order valence-electron chi connectivity index (χ0n) is 11.1. The van der Waals surface area contributed by atoms with Crippen molar-refractivity contribution in [3.8, 4) is 0 Å². The first kappa shape index (κ1) is 14.5. The minimum atomic E-state index is 0.146. The number of carbonyl (C=O) groups excluding carboxylic acids is 1. The second kappa shape index (κ2) is 7.67. The molecule has 0 radical (unpaired) electrons. The first-order chi connectivity index (χ1) is 8.11. The van der Waals surface area contributed by atoms with Gasteiger partial charge in [-0.25, -0.2) is 0 Å². The van der Waals surface area contributed by atoms with Gasteiger partial charge in [-0.15, -0.1) is 0 Å². The van der Waals surface area contributed by atoms with E-state index in [1.165, 1.54) is 0 Å². The van der Waals surface area contributed by atoms with Crippen LogP contribution in [0, 0.1) is 11.8 Å². The lowest BCUT2D eigenvalue weighted by molar-refractivity contribution is -0.123. The molecule has 0 aromatic carbocycles. The van der Waals surface area contributed by atoms with Crippen LogP contribution in [0.1, 0.15) is 39.5 Å². The van der Waals surface area contributed by atoms with Crippen LogP contribution < -0.4 is 11.1 Å². The number of amides is 1. The molecule has 1 atom stereocenters. The van der Waals surface area contributed by atoms with E-state index in [0.29, 0.717) is 30.8 Å². The van der Waals surface area contributed by atoms with E-state index in [1.54, 1.807) is 0 Å². The van der Waals surface area contributed by atoms with Gasteiger partial charge in [-0.05, 0) is 37.6 Å². The number of nitrogens with one attached hydrogen (secondary N) is 1. The van der Waals surface area contributed by atoms with E-state index in [-0.39, 0.29) is 5.91 Å². The molecule has 0 aromatic rings. The number of hydrogen-bond donors (Lipinski definition) is 2. The zero-order valence-corrected chi connectivity index (χ0v) is 11.1. The third kappa shape index (κ3) is 6.03. The highest BCUT2D eigenvalue weighted by atomic mass is 16.5. The minimum Gasteiger partial charge on any atom is -0.381 e. The van der Waals surface area contributed by atoms with E-state index in [0.717, 1.165) is 32.5 Å². The molecule has 1 rings (SSSR count). The van der Waals surface area contributed by atoms with Crippen molar-refractivity contribution in [2.45, 2.75) is 45.6 Å². The molecule has 0 aliphatic carbocycles. The normalized spacial score (nSPS) is 19.3. The van der Waals surface area contributed by atoms with Gasteiger partial charge in [0.1, 0.15) is 0 Å². The number of rotatable bonds is 6. The summed E-state index contributed by atoms with van der Waals surface area (Å²) >= 11 is 0. The van der Waals surface area contributed by atoms with Crippen molar-refractivity contribution >= 4 is 5.91 Å². The standard InChI is InChI=1S/C13H26N2O2/c1-10(2)7-11(9-14)8-13(16)15-12-3-5-17-6-4-12/h10-12H,3-9,14H2,1-2H3,(H,15,16). The van der Waals surface area contributed by atoms with Crippen molar-refractivity contribution in [3.63, 3.8) is 0 Å². The molecule has 4 heteroatoms. The zero-order chi connectivity index (χ0) is 12.7. The summed E-state index contributed by atoms with van der Waals surface area (Å²) in [6.07, 6.45) is 3.45. The Bertz CT molecular complexity index is 225. The lowest BCUT2D eigenvalue weighted by Crippen LogP contribution is -2.40. The van der Waals surface area contributed by atoms with Gasteiger partial charge in [0, 0.05) is 25.7 Å². The maximum absolute atomic E-state index is 11.9. The Morgan fingerprint density at radius 3 is 2.59 bits per heavy atom. The minimum absolute atomic E-state index is 0.146. The highest BCUT2D eigenvalue weighted by Gasteiger charge is 2.19. The molecule has 17 heavy (non-hydrogen) atoms. The van der Waals surface area contributed by atoms with Gasteiger partial charge in [0.15, 0.2) is 0 Å². The average molecular weight is 242 g/mol. The largest absolute Gasteiger partial charge is 0.381 e. The van der Waals surface area contributed by atoms with Gasteiger partial charge in [0.25, 0.3) is 0 Å². The first-order valence-electron chi connectivity index (χ1n) is 6.69. The molecular formula is C13H26N2O2. The fraction of sp³-hybridized carbons (Fsp3) is 0.923. The summed E-state index contributed by atoms with van der Waals surface area (Å²) in [6.45, 7) is 6.45. The molecule has 1 aliphatic rings. The third-order valence-electron chi connectivity index (χ3n) is 3.20. The lowest BCUT2D eigenvalue weighted by atomic mass is 9.94. The van der Waals surface area contributed by atoms with Crippen LogP contribution in [-0.2, 0) is 9.53 Å². The second-order valence-corrected chi connectivity index (χ2v) is 5.39. The molecule has 0 spiro atoms. The van der Waals surface area contributed by atoms with Crippen molar-refractivity contribution in [1.29, 1.82) is 0 Å². The van der Waals surface area contributed by atoms with Crippen LogP contribution in [0.25, 0.3) is 0 Å². The Kier molecular flexibility index (Phi) is 6.52. The van der Waals surface area contributed by atoms with Gasteiger partial charge < -0.3 is 15.8 Å². The average Bonchev–Trinajstić information content (AvgIpc) is 2.28. The number of hydrogen-bond acceptors (Lipinski definition) is 3. The van der Waals surface area contributed by atoms with Crippen LogP contribution in [0.3, 0.4) is 0 Å². The SMILES string of the molecule is CC(C)CC(CN)CC(=O)NC1CCOCC1. The molecule has 0 bridgehead atoms. The summed E-state index contributed by atoms with van der Waals surface area (Å²) in [7, 11) is 0. The van der Waals surface area contributed by atoms with Crippen molar-refractivity contribution in [1.82, 2.24) is 5.32 Å². The molecule has 1 unspecified atom stereocenters. The molecule has 1 heterocycles. The van der Waals surface area contributed by atoms with E-state index in [1.807, 2.05) is 0 Å². The van der Waals surface area contributed by atoms with Crippen LogP contribution in [0.5, 0.6) is 0 Å². The summed E-state index contributed by atoms with van der Waals surface area (Å²) in [5.41, 5.74) is 5.70. The molecular weight excluding hydrogens is 216 g/mol. The summed E-state index contributed by atoms with van der Waals surface area (Å²) in [6, 6.07) is 0.300. The van der Waals surface area contributed by atoms with Crippen LogP contribution in [0.15, 0.2) is 0 Å². The Hall–Kier alpha value is -0.610. The van der Waals surface area contributed by atoms with Gasteiger partial charge in [-0.3, -0.25) is 4.79 Å². The Labute approximate surface area is 104 Å². The van der Waals surface area contributed by atoms with Gasteiger partial charge >= 0.3 is 0 Å². The van der Waals surface area contributed by atoms with E-state index < -0.39 is 0 Å². The van der Waals surface area contributed by atoms with Crippen LogP contribution >= 0.6 is 0 Å². The van der Waals surface area contributed by atoms with Crippen LogP contribution in [0.4, 0.5) is 0 Å². The second-order valence-electron chi connectivity index (χ2n) is 5.39. The predicted octanol–water partition coefficient (Wildman–Crippen LogP) is 1.29. The van der Waals surface area contributed by atoms with Gasteiger partial charge in [0.2, 0.25) is 5.91 Å². The molecule has 1 aliphatic heterocycles. The van der Waals surface area contributed by atoms with Crippen LogP contribution in [-0.4, -0.2) is 31.7 Å². The number of ether oxygens (including phenoxy) is 1. The number of carbonyl (C=O) groups is 1. The van der Waals surface area contributed by atoms with Gasteiger partial charge in [-0.2, -0.15) is 0 Å². The highest BCUT2D eigenvalue weighted by Crippen LogP contribution is 2.15. The Morgan fingerprint density at radius 2 is 2.06 bits per heavy atom. The third-order valence-corrected chi connectivity index (χ3v) is 3.20. The smallest absolute Gasteiger partial charge is 0.220 e. The Morgan fingerprint density at radius 1 is 1.41 bits per heavy atom. The quantitative estimate of drug-likeness (QED) is 0.737. The molecule has 1 saturated heterocycles. The fourth-order valence-electron chi connectivity index (χ4n) is 2.32. The van der Waals surface area contributed by atoms with E-state index in [9.17, 15) is 4.79 Å². The number of nitrogens with two attached hydrogens (primary N) is 1. The van der Waals surface area contributed by atoms with Crippen molar-refractivity contribution < 1.29 is 9.53 Å². The molecule has 1 amide bonds. The lowest BCUT2D eigenvalue weighted by Gasteiger charge is -2.24. The van der Waals surface area contributed by atoms with Crippen molar-refractivity contribution in [3.05, 3.63) is 0 Å². The van der Waals surface area contributed by atoms with Crippen LogP contribution in [0.2, 0.25) is 0 Å².